The van der Waals surface area contributed by atoms with Gasteiger partial charge in [0.1, 0.15) is 0 Å². The van der Waals surface area contributed by atoms with Gasteiger partial charge in [-0.05, 0) is 12.8 Å². The van der Waals surface area contributed by atoms with Gasteiger partial charge in [0, 0.05) is 13.2 Å². The van der Waals surface area contributed by atoms with Crippen molar-refractivity contribution in [3.63, 3.8) is 0 Å². The molecule has 0 aliphatic heterocycles. The molecule has 0 saturated heterocycles. The van der Waals surface area contributed by atoms with Crippen LogP contribution in [0.3, 0.4) is 0 Å². The number of hydrogen-bond donors (Lipinski definition) is 1. The molecule has 0 amide bonds. The van der Waals surface area contributed by atoms with Gasteiger partial charge < -0.3 is 10.1 Å². The summed E-state index contributed by atoms with van der Waals surface area (Å²) in [7, 11) is 1.57. The summed E-state index contributed by atoms with van der Waals surface area (Å²) in [6.07, 6.45) is -2.58. The number of halogens is 3. The highest BCUT2D eigenvalue weighted by molar-refractivity contribution is 4.86. The fraction of sp³-hybridized carbons (Fsp3) is 1.00. The van der Waals surface area contributed by atoms with Crippen LogP contribution in [-0.4, -0.2) is 32.0 Å². The van der Waals surface area contributed by atoms with Gasteiger partial charge in [-0.1, -0.05) is 0 Å². The molecule has 1 aliphatic carbocycles. The largest absolute Gasteiger partial charge is 0.401 e. The zero-order chi connectivity index (χ0) is 9.19. The molecule has 0 aromatic carbocycles. The summed E-state index contributed by atoms with van der Waals surface area (Å²) in [6.45, 7) is -0.895. The predicted octanol–water partition coefficient (Wildman–Crippen LogP) is 1.32. The van der Waals surface area contributed by atoms with E-state index >= 15 is 0 Å². The quantitative estimate of drug-likeness (QED) is 0.712. The first kappa shape index (κ1) is 9.80. The van der Waals surface area contributed by atoms with Crippen LogP contribution in [-0.2, 0) is 4.74 Å². The van der Waals surface area contributed by atoms with E-state index in [0.29, 0.717) is 12.8 Å². The van der Waals surface area contributed by atoms with Crippen LogP contribution in [0.2, 0.25) is 0 Å². The normalized spacial score (nSPS) is 30.0. The fourth-order valence-electron chi connectivity index (χ4n) is 1.18. The van der Waals surface area contributed by atoms with E-state index in [1.165, 1.54) is 0 Å². The first-order valence-electron chi connectivity index (χ1n) is 3.84. The number of methoxy groups -OCH3 is 1. The number of hydrogen-bond acceptors (Lipinski definition) is 2. The van der Waals surface area contributed by atoms with Gasteiger partial charge in [0.25, 0.3) is 0 Å². The molecule has 0 radical (unpaired) electrons. The Bertz CT molecular complexity index is 142. The molecule has 1 fully saturated rings. The Morgan fingerprint density at radius 1 is 1.42 bits per heavy atom. The Labute approximate surface area is 69.1 Å². The van der Waals surface area contributed by atoms with Crippen molar-refractivity contribution in [2.24, 2.45) is 0 Å². The molecule has 72 valence electrons. The van der Waals surface area contributed by atoms with Gasteiger partial charge in [-0.15, -0.1) is 0 Å². The summed E-state index contributed by atoms with van der Waals surface area (Å²) in [5, 5.41) is 2.42. The third kappa shape index (κ3) is 2.98. The van der Waals surface area contributed by atoms with Crippen LogP contribution in [0.1, 0.15) is 12.8 Å². The molecule has 0 spiro atoms. The predicted molar refractivity (Wildman–Crippen MR) is 37.9 cm³/mol. The average molecular weight is 183 g/mol. The Morgan fingerprint density at radius 3 is 2.42 bits per heavy atom. The lowest BCUT2D eigenvalue weighted by Gasteiger charge is -2.34. The maximum Gasteiger partial charge on any atom is 0.401 e. The molecule has 0 bridgehead atoms. The van der Waals surface area contributed by atoms with Crippen molar-refractivity contribution >= 4 is 0 Å². The molecule has 0 atom stereocenters. The lowest BCUT2D eigenvalue weighted by Crippen LogP contribution is -2.47. The van der Waals surface area contributed by atoms with Crippen molar-refractivity contribution in [1.82, 2.24) is 5.32 Å². The maximum atomic E-state index is 11.7. The second-order valence-electron chi connectivity index (χ2n) is 3.02. The minimum absolute atomic E-state index is 0.0171. The van der Waals surface area contributed by atoms with Crippen molar-refractivity contribution in [1.29, 1.82) is 0 Å². The van der Waals surface area contributed by atoms with E-state index in [2.05, 4.69) is 5.32 Å². The van der Waals surface area contributed by atoms with Gasteiger partial charge in [-0.2, -0.15) is 13.2 Å². The molecule has 12 heavy (non-hydrogen) atoms. The summed E-state index contributed by atoms with van der Waals surface area (Å²) in [4.78, 5) is 0. The van der Waals surface area contributed by atoms with Crippen molar-refractivity contribution in [3.05, 3.63) is 0 Å². The number of rotatable bonds is 3. The van der Waals surface area contributed by atoms with Gasteiger partial charge in [0.2, 0.25) is 0 Å². The van der Waals surface area contributed by atoms with E-state index in [1.807, 2.05) is 0 Å². The molecule has 1 saturated carbocycles. The van der Waals surface area contributed by atoms with Gasteiger partial charge in [0.15, 0.2) is 0 Å². The second kappa shape index (κ2) is 3.62. The molecule has 2 nitrogen and oxygen atoms in total. The summed E-state index contributed by atoms with van der Waals surface area (Å²) in [5.74, 6) is 0. The highest BCUT2D eigenvalue weighted by Gasteiger charge is 2.33. The van der Waals surface area contributed by atoms with E-state index in [-0.39, 0.29) is 12.1 Å². The standard InChI is InChI=1S/C7H12F3NO/c1-12-6-2-5(3-6)11-4-7(8,9)10/h5-6,11H,2-4H2,1H3. The van der Waals surface area contributed by atoms with Crippen LogP contribution < -0.4 is 5.32 Å². The lowest BCUT2D eigenvalue weighted by atomic mass is 9.89. The number of ether oxygens (including phenoxy) is 1. The van der Waals surface area contributed by atoms with Gasteiger partial charge in [-0.3, -0.25) is 0 Å². The molecular weight excluding hydrogens is 171 g/mol. The van der Waals surface area contributed by atoms with E-state index < -0.39 is 12.7 Å². The van der Waals surface area contributed by atoms with Crippen LogP contribution in [0, 0.1) is 0 Å². The monoisotopic (exact) mass is 183 g/mol. The van der Waals surface area contributed by atoms with Crippen LogP contribution in [0.15, 0.2) is 0 Å². The molecule has 0 aromatic rings. The Balaban J connectivity index is 2.04. The van der Waals surface area contributed by atoms with Crippen LogP contribution >= 0.6 is 0 Å². The van der Waals surface area contributed by atoms with E-state index in [1.54, 1.807) is 7.11 Å². The van der Waals surface area contributed by atoms with Crippen LogP contribution in [0.25, 0.3) is 0 Å². The maximum absolute atomic E-state index is 11.7. The fourth-order valence-corrected chi connectivity index (χ4v) is 1.18. The summed E-state index contributed by atoms with van der Waals surface area (Å²) >= 11 is 0. The minimum Gasteiger partial charge on any atom is -0.381 e. The Morgan fingerprint density at radius 2 is 2.00 bits per heavy atom. The van der Waals surface area contributed by atoms with E-state index in [0.717, 1.165) is 0 Å². The van der Waals surface area contributed by atoms with E-state index in [9.17, 15) is 13.2 Å². The van der Waals surface area contributed by atoms with Gasteiger partial charge in [-0.25, -0.2) is 0 Å². The molecule has 0 heterocycles. The summed E-state index contributed by atoms with van der Waals surface area (Å²) < 4.78 is 39.9. The summed E-state index contributed by atoms with van der Waals surface area (Å²) in [5.41, 5.74) is 0. The van der Waals surface area contributed by atoms with Crippen molar-refractivity contribution < 1.29 is 17.9 Å². The third-order valence-electron chi connectivity index (χ3n) is 2.02. The first-order valence-corrected chi connectivity index (χ1v) is 3.84. The molecular formula is C7H12F3NO. The highest BCUT2D eigenvalue weighted by atomic mass is 19.4. The highest BCUT2D eigenvalue weighted by Crippen LogP contribution is 2.23. The lowest BCUT2D eigenvalue weighted by molar-refractivity contribution is -0.129. The topological polar surface area (TPSA) is 21.3 Å². The van der Waals surface area contributed by atoms with Gasteiger partial charge in [0.05, 0.1) is 12.6 Å². The molecule has 5 heteroatoms. The molecule has 1 rings (SSSR count). The summed E-state index contributed by atoms with van der Waals surface area (Å²) in [6, 6.07) is -0.0171. The van der Waals surface area contributed by atoms with Crippen LogP contribution in [0.5, 0.6) is 0 Å². The average Bonchev–Trinajstić information content (AvgIpc) is 1.82. The number of alkyl halides is 3. The van der Waals surface area contributed by atoms with Crippen molar-refractivity contribution in [2.75, 3.05) is 13.7 Å². The smallest absolute Gasteiger partial charge is 0.381 e. The van der Waals surface area contributed by atoms with Gasteiger partial charge >= 0.3 is 6.18 Å². The zero-order valence-corrected chi connectivity index (χ0v) is 6.82. The number of nitrogens with one attached hydrogen (secondary N) is 1. The Hall–Kier alpha value is -0.290. The minimum atomic E-state index is -4.10. The molecule has 1 N–H and O–H groups in total. The first-order chi connectivity index (χ1) is 5.51. The third-order valence-corrected chi connectivity index (χ3v) is 2.02. The van der Waals surface area contributed by atoms with E-state index in [4.69, 9.17) is 4.74 Å². The molecule has 1 aliphatic rings. The van der Waals surface area contributed by atoms with Crippen LogP contribution in [0.4, 0.5) is 13.2 Å². The Kier molecular flexibility index (Phi) is 2.95. The second-order valence-corrected chi connectivity index (χ2v) is 3.02. The molecule has 0 unspecified atom stereocenters. The SMILES string of the molecule is COC1CC(NCC(F)(F)F)C1. The van der Waals surface area contributed by atoms with Crippen molar-refractivity contribution in [3.8, 4) is 0 Å². The van der Waals surface area contributed by atoms with Crippen molar-refractivity contribution in [2.45, 2.75) is 31.2 Å². The molecule has 0 aromatic heterocycles. The zero-order valence-electron chi connectivity index (χ0n) is 6.82.